The summed E-state index contributed by atoms with van der Waals surface area (Å²) in [6.07, 6.45) is 3.06. The molecule has 0 saturated carbocycles. The highest BCUT2D eigenvalue weighted by molar-refractivity contribution is 7.91. The Morgan fingerprint density at radius 3 is 2.35 bits per heavy atom. The normalized spacial score (nSPS) is 16.4. The first kappa shape index (κ1) is 20.2. The zero-order valence-corrected chi connectivity index (χ0v) is 18.3. The molecule has 1 saturated heterocycles. The number of hydrogen-bond acceptors (Lipinski definition) is 7. The Kier molecular flexibility index (Phi) is 5.27. The second-order valence-corrected chi connectivity index (χ2v) is 9.79. The highest BCUT2D eigenvalue weighted by atomic mass is 35.5. The zero-order chi connectivity index (χ0) is 21.4. The highest BCUT2D eigenvalue weighted by Crippen LogP contribution is 2.39. The average Bonchev–Trinajstić information content (AvgIpc) is 3.26. The highest BCUT2D eigenvalue weighted by Gasteiger charge is 2.33. The second kappa shape index (κ2) is 8.09. The third kappa shape index (κ3) is 3.85. The van der Waals surface area contributed by atoms with E-state index in [-0.39, 0.29) is 21.7 Å². The molecule has 0 aliphatic carbocycles. The smallest absolute Gasteiger partial charge is 0.236 e. The van der Waals surface area contributed by atoms with E-state index >= 15 is 0 Å². The van der Waals surface area contributed by atoms with Gasteiger partial charge in [-0.15, -0.1) is 0 Å². The molecule has 31 heavy (non-hydrogen) atoms. The summed E-state index contributed by atoms with van der Waals surface area (Å²) in [6.45, 7) is 2.25. The number of anilines is 1. The maximum absolute atomic E-state index is 13.6. The van der Waals surface area contributed by atoms with Crippen LogP contribution in [0.4, 0.5) is 5.88 Å². The third-order valence-electron chi connectivity index (χ3n) is 5.39. The molecule has 3 aromatic rings. The largest absolute Gasteiger partial charge is 0.486 e. The summed E-state index contributed by atoms with van der Waals surface area (Å²) in [7, 11) is -3.96. The molecule has 1 aromatic heterocycles. The van der Waals surface area contributed by atoms with E-state index in [0.29, 0.717) is 35.3 Å². The van der Waals surface area contributed by atoms with Gasteiger partial charge in [-0.3, -0.25) is 0 Å². The van der Waals surface area contributed by atoms with Crippen LogP contribution in [0.25, 0.3) is 11.5 Å². The Morgan fingerprint density at radius 1 is 0.903 bits per heavy atom. The van der Waals surface area contributed by atoms with Crippen LogP contribution in [0.3, 0.4) is 0 Å². The van der Waals surface area contributed by atoms with Crippen molar-refractivity contribution in [2.75, 3.05) is 31.2 Å². The molecule has 0 N–H and O–H groups in total. The van der Waals surface area contributed by atoms with Crippen LogP contribution >= 0.6 is 11.6 Å². The molecule has 0 atom stereocenters. The SMILES string of the molecule is O=S(=O)(c1ccc2c(c1)OCCO2)c1nc(-c2ccc(Cl)cc2)oc1N1CCCCC1. The van der Waals surface area contributed by atoms with Crippen molar-refractivity contribution in [3.8, 4) is 23.0 Å². The van der Waals surface area contributed by atoms with Gasteiger partial charge in [0.15, 0.2) is 11.5 Å². The number of hydrogen-bond donors (Lipinski definition) is 0. The van der Waals surface area contributed by atoms with Gasteiger partial charge in [-0.1, -0.05) is 11.6 Å². The summed E-state index contributed by atoms with van der Waals surface area (Å²) >= 11 is 5.99. The van der Waals surface area contributed by atoms with Gasteiger partial charge in [0.25, 0.3) is 0 Å². The fourth-order valence-corrected chi connectivity index (χ4v) is 5.25. The van der Waals surface area contributed by atoms with Gasteiger partial charge in [-0.25, -0.2) is 8.42 Å². The predicted octanol–water partition coefficient (Wildman–Crippen LogP) is 4.59. The van der Waals surface area contributed by atoms with Crippen LogP contribution in [0.2, 0.25) is 5.02 Å². The van der Waals surface area contributed by atoms with Crippen LogP contribution in [0.15, 0.2) is 56.8 Å². The van der Waals surface area contributed by atoms with Gasteiger partial charge in [-0.2, -0.15) is 4.98 Å². The van der Waals surface area contributed by atoms with Gasteiger partial charge in [-0.05, 0) is 55.7 Å². The molecule has 0 radical (unpaired) electrons. The Bertz CT molecular complexity index is 1200. The van der Waals surface area contributed by atoms with Crippen molar-refractivity contribution in [2.45, 2.75) is 29.2 Å². The Labute approximate surface area is 185 Å². The van der Waals surface area contributed by atoms with Gasteiger partial charge < -0.3 is 18.8 Å². The first-order valence-electron chi connectivity index (χ1n) is 10.2. The Morgan fingerprint density at radius 2 is 1.61 bits per heavy atom. The third-order valence-corrected chi connectivity index (χ3v) is 7.29. The lowest BCUT2D eigenvalue weighted by Crippen LogP contribution is -2.30. The number of aromatic nitrogens is 1. The number of nitrogens with zero attached hydrogens (tertiary/aromatic N) is 2. The number of rotatable bonds is 4. The molecule has 0 unspecified atom stereocenters. The van der Waals surface area contributed by atoms with Gasteiger partial charge in [0.2, 0.25) is 26.6 Å². The number of oxazole rings is 1. The van der Waals surface area contributed by atoms with Crippen LogP contribution in [-0.2, 0) is 9.84 Å². The lowest BCUT2D eigenvalue weighted by Gasteiger charge is -2.26. The molecule has 162 valence electrons. The van der Waals surface area contributed by atoms with Crippen molar-refractivity contribution >= 4 is 27.3 Å². The number of halogens is 1. The van der Waals surface area contributed by atoms with Crippen LogP contribution in [0.5, 0.6) is 11.5 Å². The molecule has 5 rings (SSSR count). The summed E-state index contributed by atoms with van der Waals surface area (Å²) in [5, 5.41) is 0.492. The van der Waals surface area contributed by atoms with Gasteiger partial charge in [0, 0.05) is 29.7 Å². The lowest BCUT2D eigenvalue weighted by atomic mass is 10.1. The minimum absolute atomic E-state index is 0.0870. The summed E-state index contributed by atoms with van der Waals surface area (Å²) in [6, 6.07) is 11.6. The molecule has 2 aromatic carbocycles. The summed E-state index contributed by atoms with van der Waals surface area (Å²) in [5.74, 6) is 1.46. The first-order valence-corrected chi connectivity index (χ1v) is 12.0. The van der Waals surface area contributed by atoms with Crippen molar-refractivity contribution < 1.29 is 22.3 Å². The van der Waals surface area contributed by atoms with E-state index in [1.54, 1.807) is 30.3 Å². The standard InChI is InChI=1S/C22H21ClN2O5S/c23-16-6-4-15(5-7-16)20-24-21(22(30-20)25-10-2-1-3-11-25)31(26,27)17-8-9-18-19(14-17)29-13-12-28-18/h4-9,14H,1-3,10-13H2. The number of sulfone groups is 1. The average molecular weight is 461 g/mol. The Hall–Kier alpha value is -2.71. The number of ether oxygens (including phenoxy) is 2. The number of benzene rings is 2. The number of piperidine rings is 1. The molecule has 7 nitrogen and oxygen atoms in total. The summed E-state index contributed by atoms with van der Waals surface area (Å²) in [5.41, 5.74) is 0.659. The monoisotopic (exact) mass is 460 g/mol. The van der Waals surface area contributed by atoms with Crippen LogP contribution in [0.1, 0.15) is 19.3 Å². The van der Waals surface area contributed by atoms with E-state index in [0.717, 1.165) is 32.4 Å². The molecular formula is C22H21ClN2O5S. The van der Waals surface area contributed by atoms with Crippen LogP contribution < -0.4 is 14.4 Å². The molecule has 9 heteroatoms. The van der Waals surface area contributed by atoms with E-state index in [4.69, 9.17) is 25.5 Å². The van der Waals surface area contributed by atoms with E-state index in [1.165, 1.54) is 12.1 Å². The zero-order valence-electron chi connectivity index (χ0n) is 16.7. The van der Waals surface area contributed by atoms with Crippen molar-refractivity contribution in [3.63, 3.8) is 0 Å². The van der Waals surface area contributed by atoms with E-state index in [2.05, 4.69) is 4.98 Å². The van der Waals surface area contributed by atoms with Crippen molar-refractivity contribution in [1.29, 1.82) is 0 Å². The molecule has 2 aliphatic rings. The first-order chi connectivity index (χ1) is 15.0. The van der Waals surface area contributed by atoms with Crippen LogP contribution in [0, 0.1) is 0 Å². The molecule has 2 aliphatic heterocycles. The summed E-state index contributed by atoms with van der Waals surface area (Å²) in [4.78, 5) is 6.48. The fraction of sp³-hybridized carbons (Fsp3) is 0.318. The molecule has 0 bridgehead atoms. The van der Waals surface area contributed by atoms with Gasteiger partial charge >= 0.3 is 0 Å². The minimum Gasteiger partial charge on any atom is -0.486 e. The van der Waals surface area contributed by atoms with Crippen molar-refractivity contribution in [2.24, 2.45) is 0 Å². The van der Waals surface area contributed by atoms with E-state index < -0.39 is 9.84 Å². The van der Waals surface area contributed by atoms with E-state index in [1.807, 2.05) is 4.90 Å². The van der Waals surface area contributed by atoms with E-state index in [9.17, 15) is 8.42 Å². The van der Waals surface area contributed by atoms with Gasteiger partial charge in [0.05, 0.1) is 4.90 Å². The quantitative estimate of drug-likeness (QED) is 0.563. The molecule has 0 amide bonds. The van der Waals surface area contributed by atoms with Crippen molar-refractivity contribution in [3.05, 3.63) is 47.5 Å². The predicted molar refractivity (Wildman–Crippen MR) is 116 cm³/mol. The van der Waals surface area contributed by atoms with Crippen LogP contribution in [-0.4, -0.2) is 39.7 Å². The second-order valence-electron chi connectivity index (χ2n) is 7.49. The molecule has 0 spiro atoms. The lowest BCUT2D eigenvalue weighted by molar-refractivity contribution is 0.171. The summed E-state index contributed by atoms with van der Waals surface area (Å²) < 4.78 is 44.4. The maximum Gasteiger partial charge on any atom is 0.236 e. The number of fused-ring (bicyclic) bond motifs is 1. The van der Waals surface area contributed by atoms with Gasteiger partial charge in [0.1, 0.15) is 13.2 Å². The molecular weight excluding hydrogens is 440 g/mol. The maximum atomic E-state index is 13.6. The Balaban J connectivity index is 1.61. The minimum atomic E-state index is -3.96. The molecule has 3 heterocycles. The topological polar surface area (TPSA) is 81.9 Å². The van der Waals surface area contributed by atoms with Crippen molar-refractivity contribution in [1.82, 2.24) is 4.98 Å². The molecule has 1 fully saturated rings. The fourth-order valence-electron chi connectivity index (χ4n) is 3.79.